The van der Waals surface area contributed by atoms with Crippen molar-refractivity contribution in [1.82, 2.24) is 13.5 Å². The average Bonchev–Trinajstić information content (AvgIpc) is 2.42. The van der Waals surface area contributed by atoms with Gasteiger partial charge in [-0.05, 0) is 7.05 Å². The van der Waals surface area contributed by atoms with Crippen LogP contribution in [-0.4, -0.2) is 73.1 Å². The molecular weight excluding hydrogens is 423 g/mol. The van der Waals surface area contributed by atoms with Crippen LogP contribution in [0.3, 0.4) is 0 Å². The first-order valence-corrected chi connectivity index (χ1v) is 12.5. The number of hydrogen-bond acceptors (Lipinski definition) is 3. The highest BCUT2D eigenvalue weighted by molar-refractivity contribution is 6.65. The fourth-order valence-corrected chi connectivity index (χ4v) is 13.6. The molecule has 1 aliphatic carbocycles. The summed E-state index contributed by atoms with van der Waals surface area (Å²) in [5.41, 5.74) is 0. The molecule has 2 N–H and O–H groups in total. The number of nitrogens with zero attached hydrogens (tertiary/aromatic N) is 1. The maximum Gasteiger partial charge on any atom is 0.157 e. The molecule has 0 aromatic rings. The molecule has 0 unspecified atom stereocenters. The molecule has 3 nitrogen and oxygen atoms in total. The highest BCUT2D eigenvalue weighted by Gasteiger charge is 2.46. The SMILES string of the molecule is CN1[SiH2]N[SiH2]N[SiH2]1.ClC1C(Cl)C(Cl)C(Cl)C(Cl)C1Cl. The smallest absolute Gasteiger partial charge is 0.157 e. The van der Waals surface area contributed by atoms with Gasteiger partial charge in [-0.25, -0.2) is 0 Å². The summed E-state index contributed by atoms with van der Waals surface area (Å²) in [4.78, 5) is 0. The quantitative estimate of drug-likeness (QED) is 0.402. The predicted octanol–water partition coefficient (Wildman–Crippen LogP) is -0.248. The summed E-state index contributed by atoms with van der Waals surface area (Å²) in [6.07, 6.45) is 0. The van der Waals surface area contributed by atoms with Gasteiger partial charge in [-0.3, -0.25) is 0 Å². The molecule has 1 saturated carbocycles. The number of alkyl halides is 6. The highest BCUT2D eigenvalue weighted by atomic mass is 35.5. The van der Waals surface area contributed by atoms with Gasteiger partial charge >= 0.3 is 0 Å². The maximum atomic E-state index is 5.88. The summed E-state index contributed by atoms with van der Waals surface area (Å²) in [7, 11) is 2.43. The van der Waals surface area contributed by atoms with Crippen molar-refractivity contribution >= 4 is 99.1 Å². The molecule has 1 aliphatic heterocycles. The first-order chi connectivity index (χ1) is 8.86. The van der Waals surface area contributed by atoms with Gasteiger partial charge in [-0.15, -0.1) is 69.6 Å². The molecule has 0 spiro atoms. The Bertz CT molecular complexity index is 216. The zero-order chi connectivity index (χ0) is 14.6. The van der Waals surface area contributed by atoms with Crippen molar-refractivity contribution in [3.05, 3.63) is 0 Å². The fraction of sp³-hybridized carbons (Fsp3) is 1.00. The van der Waals surface area contributed by atoms with E-state index in [1.54, 1.807) is 0 Å². The van der Waals surface area contributed by atoms with Crippen LogP contribution in [0, 0.1) is 0 Å². The van der Waals surface area contributed by atoms with Crippen molar-refractivity contribution in [3.63, 3.8) is 0 Å². The Labute approximate surface area is 151 Å². The van der Waals surface area contributed by atoms with Crippen LogP contribution >= 0.6 is 69.6 Å². The van der Waals surface area contributed by atoms with Crippen LogP contribution in [0.5, 0.6) is 0 Å². The van der Waals surface area contributed by atoms with Gasteiger partial charge in [0.05, 0.1) is 32.3 Å². The Morgan fingerprint density at radius 3 is 1.11 bits per heavy atom. The number of rotatable bonds is 0. The summed E-state index contributed by atoms with van der Waals surface area (Å²) in [5, 5.41) is -2.62. The van der Waals surface area contributed by atoms with Gasteiger partial charge in [0, 0.05) is 0 Å². The molecule has 1 heterocycles. The van der Waals surface area contributed by atoms with E-state index in [0.29, 0.717) is 0 Å². The molecule has 0 bridgehead atoms. The second-order valence-corrected chi connectivity index (χ2v) is 15.6. The van der Waals surface area contributed by atoms with E-state index in [2.05, 4.69) is 20.6 Å². The zero-order valence-electron chi connectivity index (χ0n) is 10.3. The van der Waals surface area contributed by atoms with Crippen LogP contribution in [-0.2, 0) is 0 Å². The molecule has 0 amide bonds. The fourth-order valence-electron chi connectivity index (χ4n) is 1.69. The summed E-state index contributed by atoms with van der Waals surface area (Å²) in [5.74, 6) is 0. The Morgan fingerprint density at radius 1 is 0.684 bits per heavy atom. The lowest BCUT2D eigenvalue weighted by atomic mass is 9.97. The average molecular weight is 440 g/mol. The van der Waals surface area contributed by atoms with Crippen molar-refractivity contribution in [3.8, 4) is 0 Å². The lowest BCUT2D eigenvalue weighted by Gasteiger charge is -2.37. The number of nitrogens with one attached hydrogen (secondary N) is 2. The monoisotopic (exact) mass is 437 g/mol. The van der Waals surface area contributed by atoms with Gasteiger partial charge in [-0.2, -0.15) is 0 Å². The summed E-state index contributed by atoms with van der Waals surface area (Å²) in [6, 6.07) is 0. The van der Waals surface area contributed by atoms with E-state index in [1.165, 1.54) is 0 Å². The molecule has 0 radical (unpaired) electrons. The lowest BCUT2D eigenvalue weighted by Crippen LogP contribution is -2.56. The third-order valence-electron chi connectivity index (χ3n) is 2.84. The van der Waals surface area contributed by atoms with E-state index < -0.39 is 32.3 Å². The maximum absolute atomic E-state index is 5.88. The van der Waals surface area contributed by atoms with E-state index >= 15 is 0 Å². The van der Waals surface area contributed by atoms with Crippen LogP contribution in [0.15, 0.2) is 0 Å². The molecule has 2 rings (SSSR count). The van der Waals surface area contributed by atoms with E-state index in [4.69, 9.17) is 69.6 Å². The summed E-state index contributed by atoms with van der Waals surface area (Å²) in [6.45, 7) is 0. The topological polar surface area (TPSA) is 27.3 Å². The lowest BCUT2D eigenvalue weighted by molar-refractivity contribution is 0.544. The van der Waals surface area contributed by atoms with E-state index in [1.807, 2.05) is 0 Å². The van der Waals surface area contributed by atoms with Crippen LogP contribution in [0.4, 0.5) is 0 Å². The molecule has 19 heavy (non-hydrogen) atoms. The van der Waals surface area contributed by atoms with E-state index in [9.17, 15) is 0 Å². The minimum absolute atomic E-state index is 0.0585. The van der Waals surface area contributed by atoms with Gasteiger partial charge in [0.2, 0.25) is 0 Å². The molecule has 12 heteroatoms. The normalized spacial score (nSPS) is 48.2. The molecule has 0 aromatic heterocycles. The highest BCUT2D eigenvalue weighted by Crippen LogP contribution is 2.39. The number of halogens is 6. The largest absolute Gasteiger partial charge is 0.346 e. The molecule has 0 atom stereocenters. The van der Waals surface area contributed by atoms with Crippen molar-refractivity contribution in [2.24, 2.45) is 0 Å². The minimum Gasteiger partial charge on any atom is -0.346 e. The van der Waals surface area contributed by atoms with Gasteiger partial charge in [0.1, 0.15) is 0 Å². The second kappa shape index (κ2) is 9.42. The Morgan fingerprint density at radius 2 is 0.947 bits per heavy atom. The molecule has 1 saturated heterocycles. The molecule has 2 fully saturated rings. The Hall–Kier alpha value is 2.27. The van der Waals surface area contributed by atoms with Gasteiger partial charge in [0.15, 0.2) is 29.5 Å². The standard InChI is InChI=1S/C6H6Cl6.CH11N3Si3/c7-1-2(8)4(10)6(12)5(11)3(1)9;1-4-6-2-5-3-7-4/h1-6H;2-3H,5-7H2,1H3. The van der Waals surface area contributed by atoms with E-state index in [-0.39, 0.29) is 29.5 Å². The summed E-state index contributed by atoms with van der Waals surface area (Å²) < 4.78 is 9.41. The Balaban J connectivity index is 0.000000218. The minimum atomic E-state index is -0.437. The van der Waals surface area contributed by atoms with Crippen LogP contribution < -0.4 is 9.30 Å². The molecular formula is C7H17Cl6N3Si3. The zero-order valence-corrected chi connectivity index (χ0v) is 19.1. The van der Waals surface area contributed by atoms with Crippen LogP contribution in [0.2, 0.25) is 0 Å². The van der Waals surface area contributed by atoms with Crippen molar-refractivity contribution < 1.29 is 0 Å². The van der Waals surface area contributed by atoms with Gasteiger partial charge in [0.25, 0.3) is 0 Å². The number of hydrogen-bond donors (Lipinski definition) is 2. The van der Waals surface area contributed by atoms with Gasteiger partial charge < -0.3 is 13.5 Å². The molecule has 0 aromatic carbocycles. The second-order valence-electron chi connectivity index (χ2n) is 4.52. The summed E-state index contributed by atoms with van der Waals surface area (Å²) >= 11 is 35.3. The van der Waals surface area contributed by atoms with E-state index in [0.717, 1.165) is 0 Å². The van der Waals surface area contributed by atoms with Gasteiger partial charge in [-0.1, -0.05) is 0 Å². The van der Waals surface area contributed by atoms with Crippen LogP contribution in [0.25, 0.3) is 0 Å². The molecule has 2 aliphatic rings. The first-order valence-electron chi connectivity index (χ1n) is 5.80. The third kappa shape index (κ3) is 5.76. The van der Waals surface area contributed by atoms with Crippen LogP contribution in [0.1, 0.15) is 0 Å². The predicted molar refractivity (Wildman–Crippen MR) is 97.5 cm³/mol. The third-order valence-corrected chi connectivity index (χ3v) is 13.1. The Kier molecular flexibility index (Phi) is 9.58. The first kappa shape index (κ1) is 19.3. The van der Waals surface area contributed by atoms with Crippen molar-refractivity contribution in [1.29, 1.82) is 0 Å². The van der Waals surface area contributed by atoms with Crippen molar-refractivity contribution in [2.45, 2.75) is 32.3 Å². The van der Waals surface area contributed by atoms with Crippen molar-refractivity contribution in [2.75, 3.05) is 7.05 Å². The molecule has 114 valence electrons.